The Labute approximate surface area is 99.4 Å². The van der Waals surface area contributed by atoms with E-state index in [-0.39, 0.29) is 11.2 Å². The van der Waals surface area contributed by atoms with Crippen LogP contribution in [0.1, 0.15) is 36.0 Å². The highest BCUT2D eigenvalue weighted by Crippen LogP contribution is 2.23. The van der Waals surface area contributed by atoms with Gasteiger partial charge in [-0.1, -0.05) is 12.8 Å². The first-order chi connectivity index (χ1) is 7.75. The molecule has 0 spiro atoms. The van der Waals surface area contributed by atoms with Gasteiger partial charge in [0.1, 0.15) is 0 Å². The van der Waals surface area contributed by atoms with E-state index in [2.05, 4.69) is 15.3 Å². The van der Waals surface area contributed by atoms with Crippen molar-refractivity contribution >= 4 is 17.5 Å². The first-order valence-corrected chi connectivity index (χ1v) is 5.89. The number of nitrogens with zero attached hydrogens (tertiary/aromatic N) is 2. The summed E-state index contributed by atoms with van der Waals surface area (Å²) in [6, 6.07) is 0. The molecule has 0 aliphatic heterocycles. The Balaban J connectivity index is 1.85. The lowest BCUT2D eigenvalue weighted by molar-refractivity contribution is 0.0946. The minimum Gasteiger partial charge on any atom is -0.352 e. The molecule has 1 aliphatic rings. The Kier molecular flexibility index (Phi) is 3.72. The van der Waals surface area contributed by atoms with Crippen LogP contribution >= 0.6 is 11.6 Å². The average molecular weight is 240 g/mol. The zero-order valence-electron chi connectivity index (χ0n) is 8.95. The van der Waals surface area contributed by atoms with E-state index >= 15 is 0 Å². The van der Waals surface area contributed by atoms with Crippen LogP contribution in [-0.2, 0) is 0 Å². The molecule has 2 rings (SSSR count). The second-order valence-electron chi connectivity index (χ2n) is 4.10. The maximum atomic E-state index is 11.7. The molecule has 1 N–H and O–H groups in total. The fourth-order valence-electron chi connectivity index (χ4n) is 1.98. The largest absolute Gasteiger partial charge is 0.352 e. The fraction of sp³-hybridized carbons (Fsp3) is 0.545. The molecule has 1 aromatic rings. The van der Waals surface area contributed by atoms with Crippen molar-refractivity contribution in [1.82, 2.24) is 15.3 Å². The molecule has 0 unspecified atom stereocenters. The number of hydrogen-bond donors (Lipinski definition) is 1. The zero-order chi connectivity index (χ0) is 11.4. The summed E-state index contributed by atoms with van der Waals surface area (Å²) in [5.74, 6) is 0.515. The Morgan fingerprint density at radius 2 is 2.00 bits per heavy atom. The lowest BCUT2D eigenvalue weighted by Gasteiger charge is -2.09. The van der Waals surface area contributed by atoms with E-state index < -0.39 is 0 Å². The topological polar surface area (TPSA) is 54.9 Å². The Morgan fingerprint density at radius 1 is 1.38 bits per heavy atom. The number of halogens is 1. The summed E-state index contributed by atoms with van der Waals surface area (Å²) in [6.07, 6.45) is 7.89. The van der Waals surface area contributed by atoms with Crippen molar-refractivity contribution in [3.05, 3.63) is 23.2 Å². The lowest BCUT2D eigenvalue weighted by Crippen LogP contribution is -2.28. The number of carbonyl (C=O) groups excluding carboxylic acids is 1. The van der Waals surface area contributed by atoms with Gasteiger partial charge >= 0.3 is 0 Å². The van der Waals surface area contributed by atoms with Gasteiger partial charge in [0, 0.05) is 18.9 Å². The quantitative estimate of drug-likeness (QED) is 0.822. The highest BCUT2D eigenvalue weighted by Gasteiger charge is 2.16. The molecule has 1 fully saturated rings. The second kappa shape index (κ2) is 5.25. The van der Waals surface area contributed by atoms with Crippen LogP contribution in [0.2, 0.25) is 5.28 Å². The van der Waals surface area contributed by atoms with Gasteiger partial charge in [-0.05, 0) is 30.4 Å². The highest BCUT2D eigenvalue weighted by molar-refractivity contribution is 6.28. The number of hydrogen-bond acceptors (Lipinski definition) is 3. The predicted molar refractivity (Wildman–Crippen MR) is 61.3 cm³/mol. The van der Waals surface area contributed by atoms with Gasteiger partial charge in [0.2, 0.25) is 5.28 Å². The summed E-state index contributed by atoms with van der Waals surface area (Å²) in [4.78, 5) is 19.2. The molecule has 1 aromatic heterocycles. The van der Waals surface area contributed by atoms with Crippen LogP contribution in [0.4, 0.5) is 0 Å². The molecule has 1 heterocycles. The molecule has 86 valence electrons. The summed E-state index contributed by atoms with van der Waals surface area (Å²) in [7, 11) is 0. The first-order valence-electron chi connectivity index (χ1n) is 5.51. The van der Waals surface area contributed by atoms with E-state index in [9.17, 15) is 4.79 Å². The third-order valence-corrected chi connectivity index (χ3v) is 3.10. The van der Waals surface area contributed by atoms with Crippen molar-refractivity contribution in [2.24, 2.45) is 5.92 Å². The number of nitrogens with one attached hydrogen (secondary N) is 1. The molecule has 1 saturated carbocycles. The van der Waals surface area contributed by atoms with Crippen LogP contribution < -0.4 is 5.32 Å². The molecule has 0 atom stereocenters. The van der Waals surface area contributed by atoms with Crippen molar-refractivity contribution in [1.29, 1.82) is 0 Å². The second-order valence-corrected chi connectivity index (χ2v) is 4.44. The summed E-state index contributed by atoms with van der Waals surface area (Å²) in [5, 5.41) is 3.06. The zero-order valence-corrected chi connectivity index (χ0v) is 9.70. The highest BCUT2D eigenvalue weighted by atomic mass is 35.5. The van der Waals surface area contributed by atoms with Gasteiger partial charge in [-0.15, -0.1) is 0 Å². The molecule has 1 amide bonds. The van der Waals surface area contributed by atoms with Crippen LogP contribution in [0, 0.1) is 5.92 Å². The van der Waals surface area contributed by atoms with Crippen LogP contribution in [-0.4, -0.2) is 22.4 Å². The third-order valence-electron chi connectivity index (χ3n) is 2.91. The number of carbonyl (C=O) groups is 1. The maximum Gasteiger partial charge on any atom is 0.254 e. The van der Waals surface area contributed by atoms with E-state index in [1.165, 1.54) is 38.1 Å². The monoisotopic (exact) mass is 239 g/mol. The van der Waals surface area contributed by atoms with Gasteiger partial charge in [-0.3, -0.25) is 4.79 Å². The van der Waals surface area contributed by atoms with E-state index in [4.69, 9.17) is 11.6 Å². The van der Waals surface area contributed by atoms with Gasteiger partial charge in [-0.2, -0.15) is 0 Å². The molecular weight excluding hydrogens is 226 g/mol. The Morgan fingerprint density at radius 3 is 2.62 bits per heavy atom. The Bertz CT molecular complexity index is 360. The van der Waals surface area contributed by atoms with Gasteiger partial charge in [0.05, 0.1) is 5.56 Å². The van der Waals surface area contributed by atoms with E-state index in [1.807, 2.05) is 0 Å². The van der Waals surface area contributed by atoms with Crippen molar-refractivity contribution in [2.45, 2.75) is 25.7 Å². The normalized spacial score (nSPS) is 16.3. The Hall–Kier alpha value is -1.16. The lowest BCUT2D eigenvalue weighted by atomic mass is 10.1. The summed E-state index contributed by atoms with van der Waals surface area (Å²) < 4.78 is 0. The predicted octanol–water partition coefficient (Wildman–Crippen LogP) is 2.05. The number of rotatable bonds is 3. The van der Waals surface area contributed by atoms with Crippen molar-refractivity contribution < 1.29 is 4.79 Å². The number of aromatic nitrogens is 2. The molecule has 0 aromatic carbocycles. The van der Waals surface area contributed by atoms with Crippen LogP contribution in [0.3, 0.4) is 0 Å². The van der Waals surface area contributed by atoms with Crippen LogP contribution in [0.5, 0.6) is 0 Å². The first kappa shape index (κ1) is 11.3. The third kappa shape index (κ3) is 2.92. The molecule has 1 aliphatic carbocycles. The minimum atomic E-state index is -0.122. The van der Waals surface area contributed by atoms with E-state index in [0.717, 1.165) is 6.54 Å². The maximum absolute atomic E-state index is 11.7. The summed E-state index contributed by atoms with van der Waals surface area (Å²) in [5.41, 5.74) is 0.461. The summed E-state index contributed by atoms with van der Waals surface area (Å²) in [6.45, 7) is 0.751. The molecule has 5 heteroatoms. The molecule has 0 saturated heterocycles. The van der Waals surface area contributed by atoms with Crippen LogP contribution in [0.15, 0.2) is 12.4 Å². The van der Waals surface area contributed by atoms with Crippen LogP contribution in [0.25, 0.3) is 0 Å². The molecular formula is C11H14ClN3O. The average Bonchev–Trinajstić information content (AvgIpc) is 2.80. The summed E-state index contributed by atoms with van der Waals surface area (Å²) >= 11 is 5.54. The molecule has 4 nitrogen and oxygen atoms in total. The fourth-order valence-corrected chi connectivity index (χ4v) is 2.08. The molecule has 16 heavy (non-hydrogen) atoms. The van der Waals surface area contributed by atoms with Gasteiger partial charge in [0.25, 0.3) is 5.91 Å². The van der Waals surface area contributed by atoms with E-state index in [1.54, 1.807) is 0 Å². The van der Waals surface area contributed by atoms with Gasteiger partial charge in [0.15, 0.2) is 0 Å². The standard InChI is InChI=1S/C11H14ClN3O/c12-11-14-6-9(7-15-11)10(16)13-5-8-3-1-2-4-8/h6-8H,1-5H2,(H,13,16). The van der Waals surface area contributed by atoms with Gasteiger partial charge < -0.3 is 5.32 Å². The van der Waals surface area contributed by atoms with Crippen molar-refractivity contribution in [2.75, 3.05) is 6.54 Å². The smallest absolute Gasteiger partial charge is 0.254 e. The van der Waals surface area contributed by atoms with Crippen molar-refractivity contribution in [3.8, 4) is 0 Å². The SMILES string of the molecule is O=C(NCC1CCCC1)c1cnc(Cl)nc1. The van der Waals surface area contributed by atoms with E-state index in [0.29, 0.717) is 11.5 Å². The van der Waals surface area contributed by atoms with Gasteiger partial charge in [-0.25, -0.2) is 9.97 Å². The molecule has 0 radical (unpaired) electrons. The molecule has 0 bridgehead atoms. The minimum absolute atomic E-state index is 0.122. The number of amides is 1. The van der Waals surface area contributed by atoms with Crippen molar-refractivity contribution in [3.63, 3.8) is 0 Å².